The minimum Gasteiger partial charge on any atom is -0.369 e. The molecule has 0 spiro atoms. The summed E-state index contributed by atoms with van der Waals surface area (Å²) in [6.45, 7) is 7.03. The molecule has 0 N–H and O–H groups in total. The Labute approximate surface area is 86.7 Å². The summed E-state index contributed by atoms with van der Waals surface area (Å²) >= 11 is 0. The van der Waals surface area contributed by atoms with Crippen LogP contribution in [-0.4, -0.2) is 12.6 Å². The topological polar surface area (TPSA) is 3.24 Å². The zero-order valence-electron chi connectivity index (χ0n) is 9.49. The van der Waals surface area contributed by atoms with E-state index in [9.17, 15) is 0 Å². The first-order chi connectivity index (χ1) is 6.58. The van der Waals surface area contributed by atoms with Gasteiger partial charge in [0.2, 0.25) is 0 Å². The molecule has 0 saturated heterocycles. The molecule has 1 saturated carbocycles. The molecule has 76 valence electrons. The van der Waals surface area contributed by atoms with Crippen molar-refractivity contribution in [1.29, 1.82) is 0 Å². The van der Waals surface area contributed by atoms with Crippen molar-refractivity contribution in [3.63, 3.8) is 0 Å². The van der Waals surface area contributed by atoms with Crippen molar-refractivity contribution in [2.45, 2.75) is 26.3 Å². The molecule has 1 aromatic rings. The van der Waals surface area contributed by atoms with Crippen LogP contribution in [0.4, 0.5) is 5.69 Å². The highest BCUT2D eigenvalue weighted by molar-refractivity contribution is 5.50. The lowest BCUT2D eigenvalue weighted by Crippen LogP contribution is -2.33. The number of para-hydroxylation sites is 1. The summed E-state index contributed by atoms with van der Waals surface area (Å²) in [5, 5.41) is 0. The molecule has 1 aliphatic rings. The Morgan fingerprint density at radius 2 is 1.57 bits per heavy atom. The van der Waals surface area contributed by atoms with Crippen LogP contribution in [0.2, 0.25) is 0 Å². The first-order valence-electron chi connectivity index (χ1n) is 5.37. The predicted octanol–water partition coefficient (Wildman–Crippen LogP) is 3.17. The van der Waals surface area contributed by atoms with E-state index in [1.165, 1.54) is 5.69 Å². The van der Waals surface area contributed by atoms with Crippen LogP contribution in [0.5, 0.6) is 0 Å². The van der Waals surface area contributed by atoms with Gasteiger partial charge in [-0.1, -0.05) is 32.0 Å². The summed E-state index contributed by atoms with van der Waals surface area (Å²) in [4.78, 5) is 2.42. The van der Waals surface area contributed by atoms with E-state index in [-0.39, 0.29) is 0 Å². The van der Waals surface area contributed by atoms with Gasteiger partial charge in [-0.15, -0.1) is 0 Å². The molecule has 0 heterocycles. The van der Waals surface area contributed by atoms with Gasteiger partial charge in [0, 0.05) is 18.3 Å². The van der Waals surface area contributed by atoms with Gasteiger partial charge in [0.1, 0.15) is 0 Å². The number of nitrogens with zero attached hydrogens (tertiary/aromatic N) is 1. The normalized spacial score (nSPS) is 35.4. The summed E-state index contributed by atoms with van der Waals surface area (Å²) in [7, 11) is 2.20. The summed E-state index contributed by atoms with van der Waals surface area (Å²) in [6, 6.07) is 10.6. The Bertz CT molecular complexity index is 309. The maximum atomic E-state index is 2.42. The standard InChI is InChI=1S/C13H19N/c1-10-11(2)13(10,3)14(4)12-8-6-5-7-9-12/h5-11H,1-4H3. The molecule has 0 amide bonds. The number of hydrogen-bond donors (Lipinski definition) is 0. The first-order valence-corrected chi connectivity index (χ1v) is 5.37. The summed E-state index contributed by atoms with van der Waals surface area (Å²) in [5.41, 5.74) is 1.69. The molecule has 0 radical (unpaired) electrons. The maximum absolute atomic E-state index is 2.42. The molecule has 0 aliphatic heterocycles. The molecular weight excluding hydrogens is 170 g/mol. The molecule has 1 nitrogen and oxygen atoms in total. The molecule has 1 heteroatoms. The Kier molecular flexibility index (Phi) is 2.06. The van der Waals surface area contributed by atoms with Gasteiger partial charge in [-0.05, 0) is 30.9 Å². The fraction of sp³-hybridized carbons (Fsp3) is 0.538. The monoisotopic (exact) mass is 189 g/mol. The summed E-state index contributed by atoms with van der Waals surface area (Å²) in [5.74, 6) is 1.60. The van der Waals surface area contributed by atoms with Gasteiger partial charge < -0.3 is 4.90 Å². The van der Waals surface area contributed by atoms with Crippen LogP contribution in [0.25, 0.3) is 0 Å². The van der Waals surface area contributed by atoms with Crippen molar-refractivity contribution < 1.29 is 0 Å². The van der Waals surface area contributed by atoms with E-state index in [0.717, 1.165) is 11.8 Å². The maximum Gasteiger partial charge on any atom is 0.0428 e. The third-order valence-corrected chi connectivity index (χ3v) is 4.35. The van der Waals surface area contributed by atoms with E-state index in [4.69, 9.17) is 0 Å². The molecule has 2 rings (SSSR count). The average Bonchev–Trinajstić information content (AvgIpc) is 2.71. The largest absolute Gasteiger partial charge is 0.369 e. The lowest BCUT2D eigenvalue weighted by Gasteiger charge is -2.28. The molecule has 1 fully saturated rings. The van der Waals surface area contributed by atoms with Gasteiger partial charge in [0.25, 0.3) is 0 Å². The number of hydrogen-bond acceptors (Lipinski definition) is 1. The lowest BCUT2D eigenvalue weighted by molar-refractivity contribution is 0.614. The minimum absolute atomic E-state index is 0.362. The Morgan fingerprint density at radius 3 is 2.00 bits per heavy atom. The number of anilines is 1. The fourth-order valence-corrected chi connectivity index (χ4v) is 2.50. The zero-order valence-corrected chi connectivity index (χ0v) is 9.49. The van der Waals surface area contributed by atoms with Gasteiger partial charge in [-0.25, -0.2) is 0 Å². The predicted molar refractivity (Wildman–Crippen MR) is 61.6 cm³/mol. The van der Waals surface area contributed by atoms with Crippen LogP contribution in [0, 0.1) is 11.8 Å². The molecule has 0 bridgehead atoms. The quantitative estimate of drug-likeness (QED) is 0.690. The van der Waals surface area contributed by atoms with E-state index in [1.54, 1.807) is 0 Å². The first kappa shape index (κ1) is 9.57. The molecule has 14 heavy (non-hydrogen) atoms. The van der Waals surface area contributed by atoms with E-state index in [2.05, 4.69) is 63.1 Å². The second-order valence-corrected chi connectivity index (χ2v) is 4.70. The molecule has 1 aliphatic carbocycles. The highest BCUT2D eigenvalue weighted by Crippen LogP contribution is 2.54. The Hall–Kier alpha value is -0.980. The zero-order chi connectivity index (χ0) is 10.3. The van der Waals surface area contributed by atoms with Crippen molar-refractivity contribution in [3.05, 3.63) is 30.3 Å². The number of rotatable bonds is 2. The van der Waals surface area contributed by atoms with Crippen molar-refractivity contribution in [2.75, 3.05) is 11.9 Å². The second-order valence-electron chi connectivity index (χ2n) is 4.70. The van der Waals surface area contributed by atoms with Crippen LogP contribution < -0.4 is 4.90 Å². The van der Waals surface area contributed by atoms with E-state index < -0.39 is 0 Å². The van der Waals surface area contributed by atoms with Crippen LogP contribution in [0.1, 0.15) is 20.8 Å². The average molecular weight is 189 g/mol. The molecular formula is C13H19N. The van der Waals surface area contributed by atoms with Crippen molar-refractivity contribution in [2.24, 2.45) is 11.8 Å². The van der Waals surface area contributed by atoms with Gasteiger partial charge in [0.15, 0.2) is 0 Å². The highest BCUT2D eigenvalue weighted by Gasteiger charge is 2.58. The third kappa shape index (κ3) is 1.15. The summed E-state index contributed by atoms with van der Waals surface area (Å²) in [6.07, 6.45) is 0. The van der Waals surface area contributed by atoms with E-state index in [0.29, 0.717) is 5.54 Å². The number of benzene rings is 1. The lowest BCUT2D eigenvalue weighted by atomic mass is 10.1. The minimum atomic E-state index is 0.362. The Morgan fingerprint density at radius 1 is 1.07 bits per heavy atom. The second kappa shape index (κ2) is 3.01. The van der Waals surface area contributed by atoms with Gasteiger partial charge in [0.05, 0.1) is 0 Å². The van der Waals surface area contributed by atoms with Crippen LogP contribution in [0.3, 0.4) is 0 Å². The van der Waals surface area contributed by atoms with Gasteiger partial charge in [-0.3, -0.25) is 0 Å². The molecule has 1 aromatic carbocycles. The summed E-state index contributed by atoms with van der Waals surface area (Å²) < 4.78 is 0. The third-order valence-electron chi connectivity index (χ3n) is 4.35. The fourth-order valence-electron chi connectivity index (χ4n) is 2.50. The van der Waals surface area contributed by atoms with Gasteiger partial charge >= 0.3 is 0 Å². The van der Waals surface area contributed by atoms with Gasteiger partial charge in [-0.2, -0.15) is 0 Å². The van der Waals surface area contributed by atoms with Crippen molar-refractivity contribution in [3.8, 4) is 0 Å². The van der Waals surface area contributed by atoms with Crippen LogP contribution in [-0.2, 0) is 0 Å². The van der Waals surface area contributed by atoms with E-state index >= 15 is 0 Å². The molecule has 2 atom stereocenters. The SMILES string of the molecule is CC1C(C)C1(C)N(C)c1ccccc1. The highest BCUT2D eigenvalue weighted by atomic mass is 15.2. The van der Waals surface area contributed by atoms with Crippen LogP contribution >= 0.6 is 0 Å². The molecule has 2 unspecified atom stereocenters. The Balaban J connectivity index is 2.22. The smallest absolute Gasteiger partial charge is 0.0428 e. The van der Waals surface area contributed by atoms with Crippen molar-refractivity contribution >= 4 is 5.69 Å². The van der Waals surface area contributed by atoms with Crippen molar-refractivity contribution in [1.82, 2.24) is 0 Å². The van der Waals surface area contributed by atoms with E-state index in [1.807, 2.05) is 0 Å². The van der Waals surface area contributed by atoms with Crippen LogP contribution in [0.15, 0.2) is 30.3 Å². The molecule has 0 aromatic heterocycles.